The number of hydrogen-bond acceptors (Lipinski definition) is 3. The third-order valence-electron chi connectivity index (χ3n) is 6.82. The maximum absolute atomic E-state index is 13.1. The quantitative estimate of drug-likeness (QED) is 0.279. The summed E-state index contributed by atoms with van der Waals surface area (Å²) in [6.45, 7) is 12.0. The highest BCUT2D eigenvalue weighted by Gasteiger charge is 2.30. The van der Waals surface area contributed by atoms with E-state index in [9.17, 15) is 9.00 Å². The second-order valence-electron chi connectivity index (χ2n) is 8.87. The van der Waals surface area contributed by atoms with Gasteiger partial charge in [-0.15, -0.1) is 0 Å². The first-order chi connectivity index (χ1) is 15.6. The van der Waals surface area contributed by atoms with Crippen molar-refractivity contribution in [1.82, 2.24) is 9.21 Å². The van der Waals surface area contributed by atoms with Crippen molar-refractivity contribution in [3.05, 3.63) is 66.3 Å². The van der Waals surface area contributed by atoms with Crippen LogP contribution in [0.3, 0.4) is 0 Å². The number of likely N-dealkylation sites (tertiary alicyclic amines) is 1. The van der Waals surface area contributed by atoms with Crippen LogP contribution >= 0.6 is 0 Å². The molecular formula is C27H38N2O2S. The van der Waals surface area contributed by atoms with Gasteiger partial charge in [0, 0.05) is 30.3 Å². The van der Waals surface area contributed by atoms with Crippen molar-refractivity contribution in [2.24, 2.45) is 5.92 Å². The Morgan fingerprint density at radius 1 is 1.09 bits per heavy atom. The molecular weight excluding hydrogens is 416 g/mol. The molecule has 4 nitrogen and oxygen atoms in total. The summed E-state index contributed by atoms with van der Waals surface area (Å²) in [4.78, 5) is 16.1. The summed E-state index contributed by atoms with van der Waals surface area (Å²) in [6.07, 6.45) is 14.5. The third-order valence-corrected chi connectivity index (χ3v) is 8.33. The molecule has 0 N–H and O–H groups in total. The molecule has 1 atom stereocenters. The Morgan fingerprint density at radius 3 is 2.31 bits per heavy atom. The zero-order chi connectivity index (χ0) is 22.9. The van der Waals surface area contributed by atoms with Gasteiger partial charge in [0.1, 0.15) is 11.0 Å². The summed E-state index contributed by atoms with van der Waals surface area (Å²) >= 11 is 0. The van der Waals surface area contributed by atoms with Crippen molar-refractivity contribution in [3.8, 4) is 0 Å². The maximum Gasteiger partial charge on any atom is 0.192 e. The average molecular weight is 455 g/mol. The van der Waals surface area contributed by atoms with Crippen LogP contribution in [0.25, 0.3) is 0 Å². The van der Waals surface area contributed by atoms with E-state index in [0.29, 0.717) is 17.2 Å². The van der Waals surface area contributed by atoms with Gasteiger partial charge in [0.25, 0.3) is 0 Å². The lowest BCUT2D eigenvalue weighted by Gasteiger charge is -2.41. The van der Waals surface area contributed by atoms with Crippen LogP contribution in [-0.2, 0) is 11.0 Å². The first-order valence-electron chi connectivity index (χ1n) is 12.1. The van der Waals surface area contributed by atoms with Gasteiger partial charge < -0.3 is 4.90 Å². The number of carbonyl (C=O) groups is 1. The van der Waals surface area contributed by atoms with E-state index in [1.807, 2.05) is 19.1 Å². The number of carbonyl (C=O) groups excluding carboxylic acids is 1. The van der Waals surface area contributed by atoms with E-state index < -0.39 is 11.0 Å². The van der Waals surface area contributed by atoms with Crippen LogP contribution in [0.5, 0.6) is 0 Å². The Hall–Kier alpha value is -1.82. The molecule has 32 heavy (non-hydrogen) atoms. The Balaban J connectivity index is 1.52. The lowest BCUT2D eigenvalue weighted by Crippen LogP contribution is -2.48. The van der Waals surface area contributed by atoms with Gasteiger partial charge in [-0.05, 0) is 75.9 Å². The maximum atomic E-state index is 13.1. The van der Waals surface area contributed by atoms with Crippen LogP contribution in [-0.4, -0.2) is 51.4 Å². The van der Waals surface area contributed by atoms with Crippen LogP contribution in [0.15, 0.2) is 65.6 Å². The standard InChI is InChI=1S/C27H38N2O2S/c1-4-7-9-23(6-3)27(30)24-10-12-26(13-11-24)32(31)29-20-16-25(17-21-29)28-18-14-22(8-5-2)15-19-28/h4,6-7,9-13,22,25H,1,5,8,14-21H2,2-3H3/b9-7-,23-6+. The summed E-state index contributed by atoms with van der Waals surface area (Å²) in [6, 6.07) is 7.87. The second-order valence-corrected chi connectivity index (χ2v) is 10.4. The number of hydrogen-bond donors (Lipinski definition) is 0. The second kappa shape index (κ2) is 12.4. The van der Waals surface area contributed by atoms with Gasteiger partial charge in [0.15, 0.2) is 5.78 Å². The van der Waals surface area contributed by atoms with Gasteiger partial charge in [-0.1, -0.05) is 50.6 Å². The van der Waals surface area contributed by atoms with E-state index in [2.05, 4.69) is 22.7 Å². The largest absolute Gasteiger partial charge is 0.300 e. The molecule has 1 aromatic carbocycles. The summed E-state index contributed by atoms with van der Waals surface area (Å²) in [7, 11) is -1.18. The molecule has 2 aliphatic rings. The van der Waals surface area contributed by atoms with Gasteiger partial charge in [0.05, 0.1) is 4.90 Å². The predicted molar refractivity (Wildman–Crippen MR) is 134 cm³/mol. The lowest BCUT2D eigenvalue weighted by atomic mass is 9.90. The lowest BCUT2D eigenvalue weighted by molar-refractivity contribution is 0.0957. The highest BCUT2D eigenvalue weighted by molar-refractivity contribution is 7.82. The van der Waals surface area contributed by atoms with Crippen molar-refractivity contribution < 1.29 is 9.00 Å². The van der Waals surface area contributed by atoms with E-state index in [-0.39, 0.29) is 5.78 Å². The zero-order valence-electron chi connectivity index (χ0n) is 19.7. The van der Waals surface area contributed by atoms with Crippen molar-refractivity contribution in [2.75, 3.05) is 26.2 Å². The normalized spacial score (nSPS) is 21.1. The van der Waals surface area contributed by atoms with Crippen molar-refractivity contribution in [3.63, 3.8) is 0 Å². The molecule has 5 heteroatoms. The molecule has 1 unspecified atom stereocenters. The Bertz CT molecular complexity index is 843. The fourth-order valence-electron chi connectivity index (χ4n) is 4.90. The molecule has 0 spiro atoms. The summed E-state index contributed by atoms with van der Waals surface area (Å²) in [5.41, 5.74) is 1.23. The average Bonchev–Trinajstić information content (AvgIpc) is 2.85. The number of rotatable bonds is 9. The minimum absolute atomic E-state index is 0.0357. The SMILES string of the molecule is C=C/C=C\C(=C/C)C(=O)c1ccc(S(=O)N2CCC(N3CCC(CCC)CC3)CC2)cc1. The molecule has 1 aromatic rings. The molecule has 0 amide bonds. The minimum atomic E-state index is -1.18. The molecule has 3 rings (SSSR count). The Morgan fingerprint density at radius 2 is 1.75 bits per heavy atom. The van der Waals surface area contributed by atoms with Crippen LogP contribution in [0, 0.1) is 5.92 Å². The van der Waals surface area contributed by atoms with E-state index in [0.717, 1.165) is 36.7 Å². The summed E-state index contributed by atoms with van der Waals surface area (Å²) in [5.74, 6) is 0.882. The van der Waals surface area contributed by atoms with E-state index in [4.69, 9.17) is 0 Å². The number of piperidine rings is 2. The first kappa shape index (κ1) is 24.8. The van der Waals surface area contributed by atoms with Crippen molar-refractivity contribution in [1.29, 1.82) is 0 Å². The molecule has 0 bridgehead atoms. The van der Waals surface area contributed by atoms with Crippen LogP contribution in [0.4, 0.5) is 0 Å². The van der Waals surface area contributed by atoms with E-state index in [1.54, 1.807) is 36.4 Å². The summed E-state index contributed by atoms with van der Waals surface area (Å²) < 4.78 is 15.2. The molecule has 0 saturated carbocycles. The van der Waals surface area contributed by atoms with Crippen molar-refractivity contribution >= 4 is 16.8 Å². The number of Topliss-reactive ketones (excluding diaryl/α,β-unsaturated/α-hetero) is 1. The van der Waals surface area contributed by atoms with E-state index >= 15 is 0 Å². The van der Waals surface area contributed by atoms with Gasteiger partial charge >= 0.3 is 0 Å². The molecule has 2 aliphatic heterocycles. The smallest absolute Gasteiger partial charge is 0.192 e. The fraction of sp³-hybridized carbons (Fsp3) is 0.519. The molecule has 2 heterocycles. The number of allylic oxidation sites excluding steroid dienone is 5. The highest BCUT2D eigenvalue weighted by Crippen LogP contribution is 2.27. The van der Waals surface area contributed by atoms with Gasteiger partial charge in [-0.3, -0.25) is 4.79 Å². The molecule has 2 saturated heterocycles. The zero-order valence-corrected chi connectivity index (χ0v) is 20.5. The predicted octanol–water partition coefficient (Wildman–Crippen LogP) is 5.56. The monoisotopic (exact) mass is 454 g/mol. The topological polar surface area (TPSA) is 40.6 Å². The van der Waals surface area contributed by atoms with Crippen molar-refractivity contribution in [2.45, 2.75) is 63.3 Å². The van der Waals surface area contributed by atoms with Crippen LogP contribution in [0.1, 0.15) is 62.7 Å². The Kier molecular flexibility index (Phi) is 9.64. The number of ketones is 1. The van der Waals surface area contributed by atoms with Gasteiger partial charge in [-0.25, -0.2) is 8.51 Å². The third kappa shape index (κ3) is 6.37. The fourth-order valence-corrected chi connectivity index (χ4v) is 6.11. The van der Waals surface area contributed by atoms with Crippen LogP contribution < -0.4 is 0 Å². The van der Waals surface area contributed by atoms with Gasteiger partial charge in [-0.2, -0.15) is 0 Å². The minimum Gasteiger partial charge on any atom is -0.300 e. The summed E-state index contributed by atoms with van der Waals surface area (Å²) in [5, 5.41) is 0. The first-order valence-corrected chi connectivity index (χ1v) is 13.2. The molecule has 0 aliphatic carbocycles. The molecule has 0 radical (unpaired) electrons. The molecule has 0 aromatic heterocycles. The number of nitrogens with zero attached hydrogens (tertiary/aromatic N) is 2. The number of benzene rings is 1. The Labute approximate surface area is 196 Å². The molecule has 2 fully saturated rings. The van der Waals surface area contributed by atoms with E-state index in [1.165, 1.54) is 38.8 Å². The van der Waals surface area contributed by atoms with Gasteiger partial charge in [0.2, 0.25) is 0 Å². The highest BCUT2D eigenvalue weighted by atomic mass is 32.2. The van der Waals surface area contributed by atoms with Crippen LogP contribution in [0.2, 0.25) is 0 Å². The molecule has 174 valence electrons.